The van der Waals surface area contributed by atoms with E-state index >= 15 is 0 Å². The second-order valence-corrected chi connectivity index (χ2v) is 4.80. The van der Waals surface area contributed by atoms with Crippen molar-refractivity contribution in [2.24, 2.45) is 0 Å². The van der Waals surface area contributed by atoms with Gasteiger partial charge in [0.25, 0.3) is 0 Å². The van der Waals surface area contributed by atoms with E-state index in [2.05, 4.69) is 0 Å². The molecular formula is C15H24BFO7. The molecule has 0 aliphatic carbocycles. The maximum absolute atomic E-state index is 14.3. The van der Waals surface area contributed by atoms with Gasteiger partial charge in [-0.15, -0.1) is 0 Å². The van der Waals surface area contributed by atoms with Crippen LogP contribution in [0.5, 0.6) is 11.5 Å². The van der Waals surface area contributed by atoms with E-state index in [1.54, 1.807) is 20.8 Å². The average molecular weight is 346 g/mol. The van der Waals surface area contributed by atoms with Crippen LogP contribution in [0.15, 0.2) is 12.1 Å². The maximum Gasteiger partial charge on any atom is 0.707 e. The van der Waals surface area contributed by atoms with Crippen LogP contribution in [-0.2, 0) is 20.8 Å². The van der Waals surface area contributed by atoms with Crippen LogP contribution in [0.25, 0.3) is 0 Å². The van der Waals surface area contributed by atoms with Gasteiger partial charge in [-0.1, -0.05) is 0 Å². The molecule has 0 heterocycles. The van der Waals surface area contributed by atoms with Crippen molar-refractivity contribution in [2.75, 3.05) is 13.2 Å². The van der Waals surface area contributed by atoms with Crippen molar-refractivity contribution in [3.63, 3.8) is 0 Å². The van der Waals surface area contributed by atoms with Crippen molar-refractivity contribution >= 4 is 7.32 Å². The highest BCUT2D eigenvalue weighted by atomic mass is 19.1. The molecular weight excluding hydrogens is 322 g/mol. The molecule has 2 N–H and O–H groups in total. The van der Waals surface area contributed by atoms with Crippen molar-refractivity contribution in [3.8, 4) is 11.5 Å². The van der Waals surface area contributed by atoms with Crippen molar-refractivity contribution in [1.82, 2.24) is 0 Å². The van der Waals surface area contributed by atoms with E-state index in [4.69, 9.17) is 33.6 Å². The first-order valence-corrected chi connectivity index (χ1v) is 7.74. The topological polar surface area (TPSA) is 86.6 Å². The predicted octanol–water partition coefficient (Wildman–Crippen LogP) is 1.83. The number of hydrogen-bond donors (Lipinski definition) is 2. The molecule has 0 fully saturated rings. The fraction of sp³-hybridized carbons (Fsp3) is 0.600. The minimum absolute atomic E-state index is 0.0195. The first-order valence-electron chi connectivity index (χ1n) is 7.74. The Bertz CT molecular complexity index is 501. The summed E-state index contributed by atoms with van der Waals surface area (Å²) >= 11 is 0. The van der Waals surface area contributed by atoms with Crippen LogP contribution in [0.4, 0.5) is 4.39 Å². The molecule has 0 aromatic heterocycles. The van der Waals surface area contributed by atoms with Gasteiger partial charge in [0.1, 0.15) is 17.3 Å². The van der Waals surface area contributed by atoms with Gasteiger partial charge in [-0.2, -0.15) is 0 Å². The smallest absolute Gasteiger partial charge is 0.511 e. The van der Waals surface area contributed by atoms with Crippen LogP contribution in [0.2, 0.25) is 0 Å². The van der Waals surface area contributed by atoms with Crippen molar-refractivity contribution in [1.29, 1.82) is 0 Å². The molecule has 2 atom stereocenters. The first kappa shape index (κ1) is 20.7. The van der Waals surface area contributed by atoms with Gasteiger partial charge in [0.05, 0.1) is 12.2 Å². The van der Waals surface area contributed by atoms with E-state index in [1.807, 2.05) is 6.92 Å². The fourth-order valence-corrected chi connectivity index (χ4v) is 1.96. The standard InChI is InChI=1S/C15H24BFO7/c1-5-20-10(3)22-9-13-14(17)7-12(23-11(4)21-6-2)8-15(13)24-16(18)19/h7-8,10-11,18-19H,5-6,9H2,1-4H3. The number of ether oxygens (including phenoxy) is 4. The lowest BCUT2D eigenvalue weighted by Gasteiger charge is -2.19. The molecule has 0 bridgehead atoms. The largest absolute Gasteiger partial charge is 0.707 e. The van der Waals surface area contributed by atoms with Gasteiger partial charge < -0.3 is 33.6 Å². The molecule has 1 aromatic carbocycles. The highest BCUT2D eigenvalue weighted by molar-refractivity contribution is 6.33. The molecule has 0 aliphatic rings. The van der Waals surface area contributed by atoms with Gasteiger partial charge in [0.2, 0.25) is 0 Å². The number of benzene rings is 1. The Morgan fingerprint density at radius 3 is 2.25 bits per heavy atom. The summed E-state index contributed by atoms with van der Waals surface area (Å²) in [6, 6.07) is 2.48. The number of hydrogen-bond acceptors (Lipinski definition) is 7. The van der Waals surface area contributed by atoms with Crippen molar-refractivity contribution in [3.05, 3.63) is 23.5 Å². The van der Waals surface area contributed by atoms with Gasteiger partial charge in [0.15, 0.2) is 12.6 Å². The summed E-state index contributed by atoms with van der Waals surface area (Å²) in [5.41, 5.74) is 0.0195. The SMILES string of the molecule is CCOC(C)OCc1c(F)cc(OC(C)OCC)cc1OB(O)O. The Labute approximate surface area is 141 Å². The summed E-state index contributed by atoms with van der Waals surface area (Å²) in [7, 11) is -2.10. The summed E-state index contributed by atoms with van der Waals surface area (Å²) in [5, 5.41) is 18.0. The van der Waals surface area contributed by atoms with Gasteiger partial charge in [0, 0.05) is 25.3 Å². The van der Waals surface area contributed by atoms with E-state index in [-0.39, 0.29) is 23.7 Å². The Balaban J connectivity index is 2.95. The molecule has 0 amide bonds. The van der Waals surface area contributed by atoms with Crippen LogP contribution in [-0.4, -0.2) is 43.2 Å². The third-order valence-corrected chi connectivity index (χ3v) is 2.93. The van der Waals surface area contributed by atoms with Crippen molar-refractivity contribution < 1.29 is 38.0 Å². The molecule has 24 heavy (non-hydrogen) atoms. The molecule has 136 valence electrons. The Kier molecular flexibility index (Phi) is 9.02. The zero-order valence-electron chi connectivity index (χ0n) is 14.3. The van der Waals surface area contributed by atoms with Crippen LogP contribution in [0.1, 0.15) is 33.3 Å². The molecule has 7 nitrogen and oxygen atoms in total. The highest BCUT2D eigenvalue weighted by Gasteiger charge is 2.20. The second-order valence-electron chi connectivity index (χ2n) is 4.80. The van der Waals surface area contributed by atoms with Crippen molar-refractivity contribution in [2.45, 2.75) is 46.9 Å². The lowest BCUT2D eigenvalue weighted by atomic mass is 10.1. The number of rotatable bonds is 11. The summed E-state index contributed by atoms with van der Waals surface area (Å²) < 4.78 is 40.4. The third kappa shape index (κ3) is 7.02. The second kappa shape index (κ2) is 10.5. The molecule has 0 saturated carbocycles. The zero-order chi connectivity index (χ0) is 18.1. The Morgan fingerprint density at radius 1 is 1.04 bits per heavy atom. The Hall–Kier alpha value is -1.39. The highest BCUT2D eigenvalue weighted by Crippen LogP contribution is 2.30. The molecule has 0 radical (unpaired) electrons. The molecule has 1 rings (SSSR count). The normalized spacial score (nSPS) is 13.5. The zero-order valence-corrected chi connectivity index (χ0v) is 14.3. The van der Waals surface area contributed by atoms with E-state index in [9.17, 15) is 4.39 Å². The van der Waals surface area contributed by atoms with Gasteiger partial charge >= 0.3 is 7.32 Å². The maximum atomic E-state index is 14.3. The third-order valence-electron chi connectivity index (χ3n) is 2.93. The summed E-state index contributed by atoms with van der Waals surface area (Å²) in [4.78, 5) is 0. The summed E-state index contributed by atoms with van der Waals surface area (Å²) in [6.45, 7) is 7.65. The molecule has 0 saturated heterocycles. The van der Waals surface area contributed by atoms with E-state index in [1.165, 1.54) is 6.07 Å². The van der Waals surface area contributed by atoms with Crippen LogP contribution < -0.4 is 9.39 Å². The van der Waals surface area contributed by atoms with E-state index < -0.39 is 25.7 Å². The predicted molar refractivity (Wildman–Crippen MR) is 84.8 cm³/mol. The number of halogens is 1. The lowest BCUT2D eigenvalue weighted by Crippen LogP contribution is -2.23. The summed E-state index contributed by atoms with van der Waals surface area (Å²) in [6.07, 6.45) is -1.14. The lowest BCUT2D eigenvalue weighted by molar-refractivity contribution is -0.135. The monoisotopic (exact) mass is 346 g/mol. The molecule has 1 aromatic rings. The van der Waals surface area contributed by atoms with E-state index in [0.29, 0.717) is 13.2 Å². The van der Waals surface area contributed by atoms with Gasteiger partial charge in [-0.05, 0) is 27.7 Å². The minimum atomic E-state index is -2.10. The molecule has 0 aliphatic heterocycles. The van der Waals surface area contributed by atoms with E-state index in [0.717, 1.165) is 6.07 Å². The first-order chi connectivity index (χ1) is 11.4. The average Bonchev–Trinajstić information content (AvgIpc) is 2.46. The van der Waals surface area contributed by atoms with Gasteiger partial charge in [-0.25, -0.2) is 4.39 Å². The quantitative estimate of drug-likeness (QED) is 0.467. The molecule has 0 spiro atoms. The van der Waals surface area contributed by atoms with Crippen LogP contribution >= 0.6 is 0 Å². The van der Waals surface area contributed by atoms with Crippen LogP contribution in [0.3, 0.4) is 0 Å². The van der Waals surface area contributed by atoms with Crippen LogP contribution in [0, 0.1) is 5.82 Å². The minimum Gasteiger partial charge on any atom is -0.511 e. The fourth-order valence-electron chi connectivity index (χ4n) is 1.96. The Morgan fingerprint density at radius 2 is 1.67 bits per heavy atom. The van der Waals surface area contributed by atoms with Gasteiger partial charge in [-0.3, -0.25) is 0 Å². The summed E-state index contributed by atoms with van der Waals surface area (Å²) in [5.74, 6) is -0.645. The molecule has 2 unspecified atom stereocenters. The molecule has 9 heteroatoms.